The van der Waals surface area contributed by atoms with E-state index in [-0.39, 0.29) is 23.8 Å². The summed E-state index contributed by atoms with van der Waals surface area (Å²) in [6, 6.07) is 18.6. The van der Waals surface area contributed by atoms with Crippen molar-refractivity contribution in [1.82, 2.24) is 20.4 Å². The number of likely N-dealkylation sites (tertiary alicyclic amines) is 1. The normalized spacial score (nSPS) is 20.7. The van der Waals surface area contributed by atoms with Gasteiger partial charge in [-0.05, 0) is 48.8 Å². The molecule has 0 saturated carbocycles. The second kappa shape index (κ2) is 9.81. The zero-order valence-corrected chi connectivity index (χ0v) is 19.2. The Morgan fingerprint density at radius 1 is 1.03 bits per heavy atom. The van der Waals surface area contributed by atoms with Gasteiger partial charge in [0.2, 0.25) is 11.8 Å². The van der Waals surface area contributed by atoms with E-state index in [0.29, 0.717) is 13.0 Å². The molecule has 2 heterocycles. The first-order valence-electron chi connectivity index (χ1n) is 12.1. The van der Waals surface area contributed by atoms with Crippen LogP contribution >= 0.6 is 0 Å². The zero-order valence-electron chi connectivity index (χ0n) is 19.2. The van der Waals surface area contributed by atoms with Crippen molar-refractivity contribution >= 4 is 11.8 Å². The lowest BCUT2D eigenvalue weighted by Gasteiger charge is -2.32. The minimum Gasteiger partial charge on any atom is -0.351 e. The van der Waals surface area contributed by atoms with Crippen LogP contribution in [0.1, 0.15) is 47.6 Å². The average molecular weight is 458 g/mol. The Hall–Kier alpha value is -3.45. The summed E-state index contributed by atoms with van der Waals surface area (Å²) in [5.41, 5.74) is 10.9. The number of carbonyl (C=O) groups is 2. The molecule has 176 valence electrons. The Labute approximate surface area is 199 Å². The van der Waals surface area contributed by atoms with Gasteiger partial charge in [-0.2, -0.15) is 5.10 Å². The highest BCUT2D eigenvalue weighted by molar-refractivity contribution is 5.91. The highest BCUT2D eigenvalue weighted by Crippen LogP contribution is 2.30. The number of carbonyl (C=O) groups excluding carboxylic acids is 2. The predicted molar refractivity (Wildman–Crippen MR) is 130 cm³/mol. The van der Waals surface area contributed by atoms with E-state index in [0.717, 1.165) is 48.1 Å². The molecule has 1 fully saturated rings. The molecule has 7 nitrogen and oxygen atoms in total. The molecular weight excluding hydrogens is 426 g/mol. The number of aromatic amines is 1. The molecule has 3 atom stereocenters. The third-order valence-corrected chi connectivity index (χ3v) is 7.15. The quantitative estimate of drug-likeness (QED) is 0.529. The van der Waals surface area contributed by atoms with Crippen LogP contribution in [0.4, 0.5) is 0 Å². The highest BCUT2D eigenvalue weighted by Gasteiger charge is 2.39. The number of benzene rings is 2. The molecule has 5 rings (SSSR count). The first-order valence-corrected chi connectivity index (χ1v) is 12.1. The Balaban J connectivity index is 1.32. The average Bonchev–Trinajstić information content (AvgIpc) is 3.54. The Morgan fingerprint density at radius 3 is 2.38 bits per heavy atom. The van der Waals surface area contributed by atoms with E-state index in [9.17, 15) is 9.59 Å². The second-order valence-corrected chi connectivity index (χ2v) is 9.32. The smallest absolute Gasteiger partial charge is 0.243 e. The molecule has 1 aliphatic heterocycles. The van der Waals surface area contributed by atoms with Gasteiger partial charge in [0, 0.05) is 24.7 Å². The van der Waals surface area contributed by atoms with Gasteiger partial charge in [-0.15, -0.1) is 0 Å². The van der Waals surface area contributed by atoms with Crippen LogP contribution in [0.15, 0.2) is 66.9 Å². The van der Waals surface area contributed by atoms with Crippen LogP contribution < -0.4 is 11.1 Å². The van der Waals surface area contributed by atoms with Gasteiger partial charge in [0.05, 0.1) is 11.7 Å². The van der Waals surface area contributed by atoms with E-state index in [1.54, 1.807) is 4.90 Å². The second-order valence-electron chi connectivity index (χ2n) is 9.32. The van der Waals surface area contributed by atoms with Crippen LogP contribution in [0.3, 0.4) is 0 Å². The van der Waals surface area contributed by atoms with Gasteiger partial charge in [0.15, 0.2) is 0 Å². The van der Waals surface area contributed by atoms with Crippen LogP contribution in [-0.4, -0.2) is 51.6 Å². The number of hydrogen-bond donors (Lipinski definition) is 3. The van der Waals surface area contributed by atoms with Crippen molar-refractivity contribution < 1.29 is 9.59 Å². The Kier molecular flexibility index (Phi) is 6.45. The van der Waals surface area contributed by atoms with Gasteiger partial charge in [0.25, 0.3) is 0 Å². The van der Waals surface area contributed by atoms with Crippen LogP contribution in [0.25, 0.3) is 0 Å². The highest BCUT2D eigenvalue weighted by atomic mass is 16.2. The van der Waals surface area contributed by atoms with Crippen molar-refractivity contribution in [2.45, 2.75) is 56.1 Å². The molecule has 7 heteroatoms. The van der Waals surface area contributed by atoms with Gasteiger partial charge >= 0.3 is 0 Å². The van der Waals surface area contributed by atoms with Gasteiger partial charge in [-0.3, -0.25) is 14.7 Å². The minimum atomic E-state index is -0.777. The molecule has 0 spiro atoms. The zero-order chi connectivity index (χ0) is 23.5. The third-order valence-electron chi connectivity index (χ3n) is 7.15. The first kappa shape index (κ1) is 22.3. The van der Waals surface area contributed by atoms with Crippen LogP contribution in [0, 0.1) is 0 Å². The molecular formula is C27H31N5O2. The van der Waals surface area contributed by atoms with E-state index in [2.05, 4.69) is 15.5 Å². The molecule has 34 heavy (non-hydrogen) atoms. The number of nitrogens with zero attached hydrogens (tertiary/aromatic N) is 2. The molecule has 2 aliphatic rings. The van der Waals surface area contributed by atoms with Gasteiger partial charge in [-0.25, -0.2) is 0 Å². The number of amides is 2. The van der Waals surface area contributed by atoms with Gasteiger partial charge < -0.3 is 16.0 Å². The minimum absolute atomic E-state index is 0.0604. The monoisotopic (exact) mass is 457 g/mol. The summed E-state index contributed by atoms with van der Waals surface area (Å²) in [5, 5.41) is 10.4. The van der Waals surface area contributed by atoms with Crippen molar-refractivity contribution in [3.63, 3.8) is 0 Å². The van der Waals surface area contributed by atoms with E-state index < -0.39 is 12.1 Å². The number of hydrogen-bond acceptors (Lipinski definition) is 4. The number of fused-ring (bicyclic) bond motifs is 1. The molecule has 2 aromatic carbocycles. The van der Waals surface area contributed by atoms with Crippen molar-refractivity contribution in [3.8, 4) is 0 Å². The fraction of sp³-hybridized carbons (Fsp3) is 0.370. The number of aryl methyl sites for hydroxylation is 1. The summed E-state index contributed by atoms with van der Waals surface area (Å²) in [5.74, 6) is -0.529. The van der Waals surface area contributed by atoms with Crippen LogP contribution in [-0.2, 0) is 22.4 Å². The van der Waals surface area contributed by atoms with Crippen LogP contribution in [0.2, 0.25) is 0 Å². The van der Waals surface area contributed by atoms with Crippen molar-refractivity contribution in [1.29, 1.82) is 0 Å². The molecule has 2 unspecified atom stereocenters. The first-order chi connectivity index (χ1) is 16.6. The van der Waals surface area contributed by atoms with Crippen LogP contribution in [0.5, 0.6) is 0 Å². The number of nitrogens with one attached hydrogen (secondary N) is 2. The fourth-order valence-electron chi connectivity index (χ4n) is 5.40. The van der Waals surface area contributed by atoms with E-state index in [1.807, 2.05) is 66.9 Å². The largest absolute Gasteiger partial charge is 0.351 e. The summed E-state index contributed by atoms with van der Waals surface area (Å²) in [6.07, 6.45) is 5.84. The lowest BCUT2D eigenvalue weighted by atomic mass is 9.84. The maximum atomic E-state index is 13.7. The Morgan fingerprint density at radius 2 is 1.71 bits per heavy atom. The number of rotatable bonds is 6. The summed E-state index contributed by atoms with van der Waals surface area (Å²) in [6.45, 7) is 0.553. The van der Waals surface area contributed by atoms with Gasteiger partial charge in [-0.1, -0.05) is 60.7 Å². The van der Waals surface area contributed by atoms with Crippen molar-refractivity contribution in [3.05, 3.63) is 89.2 Å². The molecule has 3 aromatic rings. The summed E-state index contributed by atoms with van der Waals surface area (Å²) in [7, 11) is 0. The number of H-pyrrole nitrogens is 1. The topological polar surface area (TPSA) is 104 Å². The lowest BCUT2D eigenvalue weighted by molar-refractivity contribution is -0.140. The molecule has 1 saturated heterocycles. The van der Waals surface area contributed by atoms with E-state index in [4.69, 9.17) is 5.73 Å². The van der Waals surface area contributed by atoms with Crippen molar-refractivity contribution in [2.75, 3.05) is 6.54 Å². The van der Waals surface area contributed by atoms with E-state index >= 15 is 0 Å². The predicted octanol–water partition coefficient (Wildman–Crippen LogP) is 2.53. The van der Waals surface area contributed by atoms with E-state index in [1.165, 1.54) is 0 Å². The lowest BCUT2D eigenvalue weighted by Crippen LogP contribution is -2.54. The summed E-state index contributed by atoms with van der Waals surface area (Å²) < 4.78 is 0. The molecule has 0 bridgehead atoms. The molecule has 4 N–H and O–H groups in total. The SMILES string of the molecule is NC(C(=O)N1CCC[C@H]1C(=O)NC1CCc2n[nH]cc2C1)C(c1ccccc1)c1ccccc1. The molecule has 0 radical (unpaired) electrons. The maximum Gasteiger partial charge on any atom is 0.243 e. The number of aromatic nitrogens is 2. The van der Waals surface area contributed by atoms with Crippen molar-refractivity contribution in [2.24, 2.45) is 5.73 Å². The summed E-state index contributed by atoms with van der Waals surface area (Å²) >= 11 is 0. The van der Waals surface area contributed by atoms with Gasteiger partial charge in [0.1, 0.15) is 6.04 Å². The standard InChI is InChI=1S/C27H31N5O2/c28-25(24(18-8-3-1-4-9-18)19-10-5-2-6-11-19)27(34)32-15-7-12-23(32)26(33)30-21-13-14-22-20(16-21)17-29-31-22/h1-6,8-11,17,21,23-25H,7,12-16,28H2,(H,29,31)(H,30,33)/t21?,23-,25?/m0/s1. The molecule has 1 aromatic heterocycles. The summed E-state index contributed by atoms with van der Waals surface area (Å²) in [4.78, 5) is 28.6. The number of nitrogens with two attached hydrogens (primary N) is 1. The molecule has 2 amide bonds. The Bertz CT molecular complexity index is 1090. The maximum absolute atomic E-state index is 13.7. The molecule has 1 aliphatic carbocycles. The third kappa shape index (κ3) is 4.48. The fourth-order valence-corrected chi connectivity index (χ4v) is 5.40.